The zero-order chi connectivity index (χ0) is 10.1. The number of para-hydroxylation sites is 1. The first-order valence-electron chi connectivity index (χ1n) is 3.86. The molecule has 3 nitrogen and oxygen atoms in total. The number of nitrogens with zero attached hydrogens (tertiary/aromatic N) is 1. The molecule has 0 aliphatic rings. The molecule has 0 saturated heterocycles. The van der Waals surface area contributed by atoms with E-state index >= 15 is 0 Å². The van der Waals surface area contributed by atoms with Crippen LogP contribution in [0.5, 0.6) is 0 Å². The van der Waals surface area contributed by atoms with Crippen molar-refractivity contribution < 1.29 is 9.21 Å². The molecular formula is C9H5ClINO2. The van der Waals surface area contributed by atoms with E-state index < -0.39 is 0 Å². The molecule has 0 amide bonds. The van der Waals surface area contributed by atoms with Crippen LogP contribution in [-0.2, 0) is 0 Å². The Balaban J connectivity index is 2.62. The lowest BCUT2D eigenvalue weighted by Crippen LogP contribution is -1.99. The lowest BCUT2D eigenvalue weighted by molar-refractivity contribution is 0.0986. The highest BCUT2D eigenvalue weighted by atomic mass is 127. The molecule has 0 spiro atoms. The zero-order valence-electron chi connectivity index (χ0n) is 6.96. The van der Waals surface area contributed by atoms with Crippen LogP contribution < -0.4 is 0 Å². The van der Waals surface area contributed by atoms with Crippen molar-refractivity contribution >= 4 is 51.1 Å². The maximum Gasteiger partial charge on any atom is 0.265 e. The Bertz CT molecular complexity index is 495. The van der Waals surface area contributed by atoms with Crippen molar-refractivity contribution in [2.45, 2.75) is 0 Å². The molecule has 2 rings (SSSR count). The molecule has 72 valence electrons. The third-order valence-electron chi connectivity index (χ3n) is 1.73. The van der Waals surface area contributed by atoms with Crippen molar-refractivity contribution in [2.24, 2.45) is 0 Å². The van der Waals surface area contributed by atoms with Crippen molar-refractivity contribution in [3.05, 3.63) is 27.7 Å². The number of carbonyl (C=O) groups excluding carboxylic acids is 1. The number of alkyl halides is 1. The molecule has 0 N–H and O–H groups in total. The summed E-state index contributed by atoms with van der Waals surface area (Å²) in [5.74, 6) is -0.318. The number of halogens is 2. The Hall–Kier alpha value is -0.620. The van der Waals surface area contributed by atoms with Gasteiger partial charge in [-0.1, -0.05) is 6.07 Å². The van der Waals surface area contributed by atoms with Gasteiger partial charge in [0.15, 0.2) is 5.58 Å². The molecule has 0 fully saturated rings. The van der Waals surface area contributed by atoms with Crippen LogP contribution in [0.15, 0.2) is 22.6 Å². The van der Waals surface area contributed by atoms with Gasteiger partial charge in [0.05, 0.1) is 5.88 Å². The van der Waals surface area contributed by atoms with E-state index in [-0.39, 0.29) is 17.6 Å². The predicted molar refractivity (Wildman–Crippen MR) is 61.8 cm³/mol. The molecule has 1 aromatic carbocycles. The summed E-state index contributed by atoms with van der Waals surface area (Å²) in [4.78, 5) is 15.3. The normalized spacial score (nSPS) is 10.7. The number of Topliss-reactive ketones (excluding diaryl/α,β-unsaturated/α-hetero) is 1. The van der Waals surface area contributed by atoms with E-state index in [4.69, 9.17) is 16.0 Å². The van der Waals surface area contributed by atoms with Gasteiger partial charge in [-0.05, 0) is 34.7 Å². The number of rotatable bonds is 2. The highest BCUT2D eigenvalue weighted by molar-refractivity contribution is 14.1. The maximum absolute atomic E-state index is 11.2. The molecule has 5 heteroatoms. The van der Waals surface area contributed by atoms with Gasteiger partial charge in [0.25, 0.3) is 5.89 Å². The largest absolute Gasteiger partial charge is 0.434 e. The van der Waals surface area contributed by atoms with E-state index in [1.54, 1.807) is 6.07 Å². The van der Waals surface area contributed by atoms with E-state index in [9.17, 15) is 4.79 Å². The van der Waals surface area contributed by atoms with Crippen molar-refractivity contribution in [3.8, 4) is 0 Å². The summed E-state index contributed by atoms with van der Waals surface area (Å²) in [6.45, 7) is 0. The van der Waals surface area contributed by atoms with Gasteiger partial charge >= 0.3 is 0 Å². The van der Waals surface area contributed by atoms with E-state index in [1.165, 1.54) is 0 Å². The van der Waals surface area contributed by atoms with Gasteiger partial charge in [0, 0.05) is 3.57 Å². The smallest absolute Gasteiger partial charge is 0.265 e. The maximum atomic E-state index is 11.2. The molecule has 0 bridgehead atoms. The van der Waals surface area contributed by atoms with E-state index in [0.29, 0.717) is 11.1 Å². The third kappa shape index (κ3) is 1.64. The van der Waals surface area contributed by atoms with Crippen LogP contribution in [0.25, 0.3) is 11.1 Å². The minimum absolute atomic E-state index is 0.0825. The van der Waals surface area contributed by atoms with Crippen molar-refractivity contribution in [3.63, 3.8) is 0 Å². The van der Waals surface area contributed by atoms with Gasteiger partial charge < -0.3 is 4.42 Å². The zero-order valence-corrected chi connectivity index (χ0v) is 9.87. The number of ketones is 1. The van der Waals surface area contributed by atoms with Crippen LogP contribution in [0.4, 0.5) is 0 Å². The average Bonchev–Trinajstić information content (AvgIpc) is 2.62. The monoisotopic (exact) mass is 321 g/mol. The summed E-state index contributed by atoms with van der Waals surface area (Å²) in [6.07, 6.45) is 0. The number of fused-ring (bicyclic) bond motifs is 1. The van der Waals surface area contributed by atoms with Gasteiger partial charge in [-0.3, -0.25) is 4.79 Å². The van der Waals surface area contributed by atoms with E-state index in [0.717, 1.165) is 3.57 Å². The number of hydrogen-bond donors (Lipinski definition) is 0. The Morgan fingerprint density at radius 1 is 1.57 bits per heavy atom. The van der Waals surface area contributed by atoms with Gasteiger partial charge in [-0.25, -0.2) is 4.98 Å². The number of carbonyl (C=O) groups is 1. The number of oxazole rings is 1. The summed E-state index contributed by atoms with van der Waals surface area (Å²) < 4.78 is 6.21. The van der Waals surface area contributed by atoms with Crippen LogP contribution in [0, 0.1) is 3.57 Å². The summed E-state index contributed by atoms with van der Waals surface area (Å²) in [6, 6.07) is 5.53. The fourth-order valence-electron chi connectivity index (χ4n) is 1.09. The molecule has 1 aromatic heterocycles. The van der Waals surface area contributed by atoms with Crippen LogP contribution in [-0.4, -0.2) is 16.6 Å². The second-order valence-electron chi connectivity index (χ2n) is 2.66. The lowest BCUT2D eigenvalue weighted by atomic mass is 10.3. The molecule has 0 saturated carbocycles. The van der Waals surface area contributed by atoms with Gasteiger partial charge in [-0.15, -0.1) is 11.6 Å². The second-order valence-corrected chi connectivity index (χ2v) is 4.09. The standard InChI is InChI=1S/C9H5ClINO2/c10-4-6(13)9-12-8-5(11)2-1-3-7(8)14-9/h1-3H,4H2. The van der Waals surface area contributed by atoms with Gasteiger partial charge in [0.2, 0.25) is 5.78 Å². The van der Waals surface area contributed by atoms with Crippen LogP contribution in [0.2, 0.25) is 0 Å². The molecule has 0 radical (unpaired) electrons. The summed E-state index contributed by atoms with van der Waals surface area (Å²) in [5, 5.41) is 0. The van der Waals surface area contributed by atoms with Crippen molar-refractivity contribution in [1.29, 1.82) is 0 Å². The first kappa shape index (κ1) is 9.92. The molecule has 2 aromatic rings. The summed E-state index contributed by atoms with van der Waals surface area (Å²) >= 11 is 7.54. The Labute approximate surface area is 98.6 Å². The first-order valence-corrected chi connectivity index (χ1v) is 5.48. The Kier molecular flexibility index (Phi) is 2.73. The fraction of sp³-hybridized carbons (Fsp3) is 0.111. The van der Waals surface area contributed by atoms with Crippen LogP contribution in [0.1, 0.15) is 10.7 Å². The minimum atomic E-state index is -0.293. The lowest BCUT2D eigenvalue weighted by Gasteiger charge is -1.86. The number of aromatic nitrogens is 1. The van der Waals surface area contributed by atoms with Crippen molar-refractivity contribution in [1.82, 2.24) is 4.98 Å². The Morgan fingerprint density at radius 2 is 2.36 bits per heavy atom. The number of benzene rings is 1. The third-order valence-corrected chi connectivity index (χ3v) is 2.84. The molecule has 0 aliphatic heterocycles. The quantitative estimate of drug-likeness (QED) is 0.485. The average molecular weight is 322 g/mol. The molecule has 0 aliphatic carbocycles. The fourth-order valence-corrected chi connectivity index (χ4v) is 1.80. The second kappa shape index (κ2) is 3.86. The van der Waals surface area contributed by atoms with E-state index in [2.05, 4.69) is 27.6 Å². The molecule has 14 heavy (non-hydrogen) atoms. The SMILES string of the molecule is O=C(CCl)c1nc2c(I)cccc2o1. The highest BCUT2D eigenvalue weighted by Gasteiger charge is 2.14. The van der Waals surface area contributed by atoms with Crippen molar-refractivity contribution in [2.75, 3.05) is 5.88 Å². The van der Waals surface area contributed by atoms with E-state index in [1.807, 2.05) is 12.1 Å². The summed E-state index contributed by atoms with van der Waals surface area (Å²) in [7, 11) is 0. The molecule has 1 heterocycles. The highest BCUT2D eigenvalue weighted by Crippen LogP contribution is 2.21. The minimum Gasteiger partial charge on any atom is -0.434 e. The Morgan fingerprint density at radius 3 is 3.00 bits per heavy atom. The molecule has 0 unspecified atom stereocenters. The predicted octanol–water partition coefficient (Wildman–Crippen LogP) is 2.85. The van der Waals surface area contributed by atoms with Gasteiger partial charge in [-0.2, -0.15) is 0 Å². The molecule has 0 atom stereocenters. The van der Waals surface area contributed by atoms with Crippen LogP contribution in [0.3, 0.4) is 0 Å². The van der Waals surface area contributed by atoms with Crippen LogP contribution >= 0.6 is 34.2 Å². The number of hydrogen-bond acceptors (Lipinski definition) is 3. The first-order chi connectivity index (χ1) is 6.72. The van der Waals surface area contributed by atoms with Gasteiger partial charge in [0.1, 0.15) is 5.52 Å². The topological polar surface area (TPSA) is 43.1 Å². The molecular weight excluding hydrogens is 316 g/mol. The summed E-state index contributed by atoms with van der Waals surface area (Å²) in [5.41, 5.74) is 1.33.